The van der Waals surface area contributed by atoms with E-state index in [1.807, 2.05) is 0 Å². The molecule has 8 heteroatoms. The van der Waals surface area contributed by atoms with Gasteiger partial charge in [-0.3, -0.25) is 9.78 Å². The molecule has 0 saturated heterocycles. The van der Waals surface area contributed by atoms with Gasteiger partial charge in [0.25, 0.3) is 5.56 Å². The number of aromatic nitrogens is 2. The van der Waals surface area contributed by atoms with Gasteiger partial charge in [-0.15, -0.1) is 0 Å². The van der Waals surface area contributed by atoms with Gasteiger partial charge in [0.15, 0.2) is 5.69 Å². The van der Waals surface area contributed by atoms with Gasteiger partial charge < -0.3 is 15.8 Å². The first-order valence-corrected chi connectivity index (χ1v) is 2.79. The fraction of sp³-hybridized carbons (Fsp3) is 0. The zero-order valence-corrected chi connectivity index (χ0v) is 5.66. The third-order valence-electron chi connectivity index (χ3n) is 1.14. The molecule has 0 spiro atoms. The number of nitro groups is 1. The lowest BCUT2D eigenvalue weighted by Gasteiger charge is -1.94. The standard InChI is InChI=1S/C4H4N4O4/c5-1-2(8(11)12)6-4(10)7-3(1)9/h5H2,(H2,6,7,9,10). The Morgan fingerprint density at radius 2 is 1.92 bits per heavy atom. The molecule has 0 aliphatic rings. The average molecular weight is 172 g/mol. The van der Waals surface area contributed by atoms with Gasteiger partial charge in [-0.05, 0) is 4.92 Å². The summed E-state index contributed by atoms with van der Waals surface area (Å²) in [6.45, 7) is 0. The van der Waals surface area contributed by atoms with Crippen LogP contribution in [0, 0.1) is 10.1 Å². The molecule has 0 aromatic carbocycles. The Morgan fingerprint density at radius 3 is 2.42 bits per heavy atom. The van der Waals surface area contributed by atoms with E-state index in [-0.39, 0.29) is 0 Å². The fourth-order valence-corrected chi connectivity index (χ4v) is 0.628. The topological polar surface area (TPSA) is 135 Å². The van der Waals surface area contributed by atoms with E-state index < -0.39 is 27.7 Å². The van der Waals surface area contributed by atoms with E-state index in [0.29, 0.717) is 0 Å². The maximum atomic E-state index is 10.7. The van der Waals surface area contributed by atoms with Crippen molar-refractivity contribution < 1.29 is 4.92 Å². The molecular formula is C4H4N4O4. The minimum atomic E-state index is -0.967. The van der Waals surface area contributed by atoms with Gasteiger partial charge in [0.1, 0.15) is 0 Å². The van der Waals surface area contributed by atoms with Crippen LogP contribution in [-0.4, -0.2) is 14.9 Å². The molecular weight excluding hydrogens is 168 g/mol. The van der Waals surface area contributed by atoms with E-state index >= 15 is 0 Å². The Hall–Kier alpha value is -2.12. The first-order chi connectivity index (χ1) is 5.52. The minimum Gasteiger partial charge on any atom is -0.387 e. The number of H-pyrrole nitrogens is 2. The largest absolute Gasteiger partial charge is 0.413 e. The molecule has 0 unspecified atom stereocenters. The van der Waals surface area contributed by atoms with Crippen molar-refractivity contribution in [2.45, 2.75) is 0 Å². The Labute approximate surface area is 64.2 Å². The van der Waals surface area contributed by atoms with Gasteiger partial charge in [-0.2, -0.15) is 4.98 Å². The van der Waals surface area contributed by atoms with Gasteiger partial charge in [0.05, 0.1) is 0 Å². The summed E-state index contributed by atoms with van der Waals surface area (Å²) < 4.78 is 0. The lowest BCUT2D eigenvalue weighted by atomic mass is 10.5. The average Bonchev–Trinajstić information content (AvgIpc) is 1.96. The van der Waals surface area contributed by atoms with E-state index in [1.165, 1.54) is 0 Å². The second-order valence-corrected chi connectivity index (χ2v) is 1.93. The van der Waals surface area contributed by atoms with Crippen LogP contribution in [0.2, 0.25) is 0 Å². The summed E-state index contributed by atoms with van der Waals surface area (Å²) >= 11 is 0. The normalized spacial score (nSPS) is 9.67. The van der Waals surface area contributed by atoms with Crippen molar-refractivity contribution in [1.82, 2.24) is 9.97 Å². The SMILES string of the molecule is Nc1c([N+](=O)[O-])[nH]c(=O)[nH]c1=O. The summed E-state index contributed by atoms with van der Waals surface area (Å²) in [4.78, 5) is 33.9. The molecule has 1 aromatic heterocycles. The van der Waals surface area contributed by atoms with Gasteiger partial charge >= 0.3 is 11.5 Å². The van der Waals surface area contributed by atoms with Crippen LogP contribution in [0.4, 0.5) is 11.5 Å². The summed E-state index contributed by atoms with van der Waals surface area (Å²) in [5.41, 5.74) is 2.46. The predicted octanol–water partition coefficient (Wildman–Crippen LogP) is -1.45. The number of anilines is 1. The first kappa shape index (κ1) is 7.98. The highest BCUT2D eigenvalue weighted by Gasteiger charge is 2.14. The lowest BCUT2D eigenvalue weighted by molar-refractivity contribution is -0.388. The molecule has 1 heterocycles. The van der Waals surface area contributed by atoms with E-state index in [9.17, 15) is 19.7 Å². The number of hydrogen-bond donors (Lipinski definition) is 3. The predicted molar refractivity (Wildman–Crippen MR) is 38.8 cm³/mol. The molecule has 4 N–H and O–H groups in total. The maximum absolute atomic E-state index is 10.7. The number of nitrogens with one attached hydrogen (secondary N) is 2. The van der Waals surface area contributed by atoms with Crippen molar-refractivity contribution >= 4 is 11.5 Å². The third-order valence-corrected chi connectivity index (χ3v) is 1.14. The van der Waals surface area contributed by atoms with Crippen molar-refractivity contribution in [2.24, 2.45) is 0 Å². The van der Waals surface area contributed by atoms with E-state index in [1.54, 1.807) is 9.97 Å². The molecule has 0 saturated carbocycles. The van der Waals surface area contributed by atoms with Crippen LogP contribution in [0.15, 0.2) is 9.59 Å². The molecule has 0 radical (unpaired) electrons. The molecule has 0 bridgehead atoms. The Kier molecular flexibility index (Phi) is 1.66. The molecule has 0 aliphatic heterocycles. The van der Waals surface area contributed by atoms with Crippen molar-refractivity contribution in [3.05, 3.63) is 31.0 Å². The second kappa shape index (κ2) is 2.49. The Balaban J connectivity index is 3.59. The molecule has 1 aromatic rings. The van der Waals surface area contributed by atoms with Crippen LogP contribution < -0.4 is 17.0 Å². The molecule has 0 fully saturated rings. The molecule has 0 amide bonds. The van der Waals surface area contributed by atoms with Crippen molar-refractivity contribution in [3.63, 3.8) is 0 Å². The number of nitrogen functional groups attached to an aromatic ring is 1. The van der Waals surface area contributed by atoms with Crippen molar-refractivity contribution in [1.29, 1.82) is 0 Å². The zero-order valence-electron chi connectivity index (χ0n) is 5.66. The number of aromatic amines is 2. The van der Waals surface area contributed by atoms with Gasteiger partial charge in [-0.25, -0.2) is 4.79 Å². The van der Waals surface area contributed by atoms with Gasteiger partial charge in [0, 0.05) is 0 Å². The number of nitrogens with two attached hydrogens (primary N) is 1. The number of rotatable bonds is 1. The Morgan fingerprint density at radius 1 is 1.33 bits per heavy atom. The van der Waals surface area contributed by atoms with Crippen molar-refractivity contribution in [2.75, 3.05) is 5.73 Å². The van der Waals surface area contributed by atoms with Gasteiger partial charge in [0.2, 0.25) is 0 Å². The molecule has 64 valence electrons. The first-order valence-electron chi connectivity index (χ1n) is 2.79. The highest BCUT2D eigenvalue weighted by Crippen LogP contribution is 2.07. The zero-order chi connectivity index (χ0) is 9.30. The highest BCUT2D eigenvalue weighted by atomic mass is 16.6. The highest BCUT2D eigenvalue weighted by molar-refractivity contribution is 5.49. The quantitative estimate of drug-likeness (QED) is 0.352. The molecule has 0 atom stereocenters. The van der Waals surface area contributed by atoms with Crippen molar-refractivity contribution in [3.8, 4) is 0 Å². The summed E-state index contributed by atoms with van der Waals surface area (Å²) in [6, 6.07) is 0. The van der Waals surface area contributed by atoms with E-state index in [2.05, 4.69) is 0 Å². The third kappa shape index (κ3) is 1.17. The van der Waals surface area contributed by atoms with E-state index in [0.717, 1.165) is 0 Å². The Bertz CT molecular complexity index is 429. The van der Waals surface area contributed by atoms with Gasteiger partial charge in [-0.1, -0.05) is 0 Å². The summed E-state index contributed by atoms with van der Waals surface area (Å²) in [6.07, 6.45) is 0. The van der Waals surface area contributed by atoms with Crippen LogP contribution in [-0.2, 0) is 0 Å². The van der Waals surface area contributed by atoms with Crippen LogP contribution in [0.25, 0.3) is 0 Å². The smallest absolute Gasteiger partial charge is 0.387 e. The number of hydrogen-bond acceptors (Lipinski definition) is 5. The minimum absolute atomic E-state index is 0.611. The fourth-order valence-electron chi connectivity index (χ4n) is 0.628. The maximum Gasteiger partial charge on any atom is 0.413 e. The monoisotopic (exact) mass is 172 g/mol. The molecule has 12 heavy (non-hydrogen) atoms. The summed E-state index contributed by atoms with van der Waals surface area (Å²) in [7, 11) is 0. The molecule has 0 aliphatic carbocycles. The van der Waals surface area contributed by atoms with Crippen LogP contribution in [0.3, 0.4) is 0 Å². The summed E-state index contributed by atoms with van der Waals surface area (Å²) in [5.74, 6) is -0.788. The lowest BCUT2D eigenvalue weighted by Crippen LogP contribution is -2.26. The van der Waals surface area contributed by atoms with Crippen LogP contribution >= 0.6 is 0 Å². The van der Waals surface area contributed by atoms with E-state index in [4.69, 9.17) is 5.73 Å². The number of nitrogens with zero attached hydrogens (tertiary/aromatic N) is 1. The molecule has 1 rings (SSSR count). The van der Waals surface area contributed by atoms with Crippen LogP contribution in [0.1, 0.15) is 0 Å². The van der Waals surface area contributed by atoms with Crippen LogP contribution in [0.5, 0.6) is 0 Å². The second-order valence-electron chi connectivity index (χ2n) is 1.93. The summed E-state index contributed by atoms with van der Waals surface area (Å²) in [5, 5.41) is 10.1. The molecule has 8 nitrogen and oxygen atoms in total.